The van der Waals surface area contributed by atoms with Crippen LogP contribution in [0.15, 0.2) is 0 Å². The van der Waals surface area contributed by atoms with Gasteiger partial charge in [-0.3, -0.25) is 0 Å². The first-order valence-electron chi connectivity index (χ1n) is 8.65. The maximum absolute atomic E-state index is 10.7. The topological polar surface area (TPSA) is 23.5 Å². The van der Waals surface area contributed by atoms with E-state index in [9.17, 15) is 5.11 Å². The van der Waals surface area contributed by atoms with E-state index in [2.05, 4.69) is 4.90 Å². The molecule has 3 aliphatic rings. The van der Waals surface area contributed by atoms with Gasteiger partial charge in [0.1, 0.15) is 0 Å². The van der Waals surface area contributed by atoms with Gasteiger partial charge >= 0.3 is 0 Å². The van der Waals surface area contributed by atoms with Crippen LogP contribution in [0.5, 0.6) is 0 Å². The molecule has 1 heterocycles. The van der Waals surface area contributed by atoms with E-state index in [4.69, 9.17) is 0 Å². The van der Waals surface area contributed by atoms with Gasteiger partial charge < -0.3 is 10.0 Å². The fourth-order valence-electron chi connectivity index (χ4n) is 4.77. The second-order valence-corrected chi connectivity index (χ2v) is 7.62. The summed E-state index contributed by atoms with van der Waals surface area (Å²) in [5, 5.41) is 10.7. The molecule has 0 atom stereocenters. The van der Waals surface area contributed by atoms with Crippen LogP contribution in [0.1, 0.15) is 77.0 Å². The standard InChI is InChI=1S/C17H31NO/c19-17(9-5-2-6-10-17)15-18-13-11-16(12-14-18)7-3-1-4-8-16/h19H,1-15H2. The van der Waals surface area contributed by atoms with Gasteiger partial charge in [0.15, 0.2) is 0 Å². The van der Waals surface area contributed by atoms with E-state index in [-0.39, 0.29) is 5.60 Å². The lowest BCUT2D eigenvalue weighted by Crippen LogP contribution is -2.49. The molecular formula is C17H31NO. The zero-order chi connectivity index (χ0) is 13.2. The van der Waals surface area contributed by atoms with Crippen LogP contribution in [-0.2, 0) is 0 Å². The smallest absolute Gasteiger partial charge is 0.0774 e. The molecule has 0 bridgehead atoms. The van der Waals surface area contributed by atoms with Crippen LogP contribution in [0, 0.1) is 5.41 Å². The molecule has 0 unspecified atom stereocenters. The third-order valence-electron chi connectivity index (χ3n) is 6.13. The molecule has 1 N–H and O–H groups in total. The minimum Gasteiger partial charge on any atom is -0.389 e. The van der Waals surface area contributed by atoms with Gasteiger partial charge in [-0.25, -0.2) is 0 Å². The predicted octanol–water partition coefficient (Wildman–Crippen LogP) is 3.73. The van der Waals surface area contributed by atoms with E-state index in [0.29, 0.717) is 5.41 Å². The molecule has 0 amide bonds. The van der Waals surface area contributed by atoms with Gasteiger partial charge in [0.2, 0.25) is 0 Å². The number of nitrogens with zero attached hydrogens (tertiary/aromatic N) is 1. The third kappa shape index (κ3) is 3.33. The zero-order valence-corrected chi connectivity index (χ0v) is 12.5. The number of hydrogen-bond acceptors (Lipinski definition) is 2. The lowest BCUT2D eigenvalue weighted by molar-refractivity contribution is -0.0428. The molecule has 110 valence electrons. The summed E-state index contributed by atoms with van der Waals surface area (Å²) >= 11 is 0. The van der Waals surface area contributed by atoms with Crippen molar-refractivity contribution >= 4 is 0 Å². The van der Waals surface area contributed by atoms with E-state index < -0.39 is 0 Å². The first kappa shape index (κ1) is 13.9. The summed E-state index contributed by atoms with van der Waals surface area (Å²) in [7, 11) is 0. The predicted molar refractivity (Wildman–Crippen MR) is 79.2 cm³/mol. The summed E-state index contributed by atoms with van der Waals surface area (Å²) in [4.78, 5) is 2.56. The summed E-state index contributed by atoms with van der Waals surface area (Å²) in [5.74, 6) is 0. The molecule has 0 aromatic carbocycles. The summed E-state index contributed by atoms with van der Waals surface area (Å²) < 4.78 is 0. The summed E-state index contributed by atoms with van der Waals surface area (Å²) in [6.07, 6.45) is 16.0. The molecule has 2 saturated carbocycles. The van der Waals surface area contributed by atoms with Crippen molar-refractivity contribution in [2.45, 2.75) is 82.7 Å². The van der Waals surface area contributed by atoms with Crippen molar-refractivity contribution in [2.75, 3.05) is 19.6 Å². The Bertz CT molecular complexity index is 280. The van der Waals surface area contributed by atoms with Gasteiger partial charge in [0.05, 0.1) is 5.60 Å². The normalized spacial score (nSPS) is 31.4. The van der Waals surface area contributed by atoms with Crippen LogP contribution in [0.4, 0.5) is 0 Å². The average molecular weight is 265 g/mol. The van der Waals surface area contributed by atoms with Crippen molar-refractivity contribution < 1.29 is 5.11 Å². The minimum absolute atomic E-state index is 0.352. The molecule has 19 heavy (non-hydrogen) atoms. The van der Waals surface area contributed by atoms with Crippen LogP contribution in [0.3, 0.4) is 0 Å². The lowest BCUT2D eigenvalue weighted by Gasteiger charge is -2.46. The van der Waals surface area contributed by atoms with E-state index >= 15 is 0 Å². The highest BCUT2D eigenvalue weighted by atomic mass is 16.3. The van der Waals surface area contributed by atoms with Crippen molar-refractivity contribution in [1.29, 1.82) is 0 Å². The Morgan fingerprint density at radius 2 is 1.21 bits per heavy atom. The maximum atomic E-state index is 10.7. The molecule has 2 nitrogen and oxygen atoms in total. The second kappa shape index (κ2) is 5.73. The molecule has 3 fully saturated rings. The van der Waals surface area contributed by atoms with Crippen LogP contribution >= 0.6 is 0 Å². The number of hydrogen-bond donors (Lipinski definition) is 1. The molecule has 0 aromatic rings. The van der Waals surface area contributed by atoms with E-state index in [1.807, 2.05) is 0 Å². The van der Waals surface area contributed by atoms with Crippen LogP contribution < -0.4 is 0 Å². The molecule has 0 aromatic heterocycles. The molecule has 3 rings (SSSR count). The number of piperidine rings is 1. The molecule has 0 radical (unpaired) electrons. The summed E-state index contributed by atoms with van der Waals surface area (Å²) in [6.45, 7) is 3.42. The van der Waals surface area contributed by atoms with Crippen LogP contribution in [-0.4, -0.2) is 35.2 Å². The van der Waals surface area contributed by atoms with Gasteiger partial charge in [0.25, 0.3) is 0 Å². The Morgan fingerprint density at radius 3 is 1.79 bits per heavy atom. The van der Waals surface area contributed by atoms with Gasteiger partial charge in [-0.2, -0.15) is 0 Å². The summed E-state index contributed by atoms with van der Waals surface area (Å²) in [6, 6.07) is 0. The zero-order valence-electron chi connectivity index (χ0n) is 12.5. The Kier molecular flexibility index (Phi) is 4.19. The second-order valence-electron chi connectivity index (χ2n) is 7.62. The van der Waals surface area contributed by atoms with E-state index in [1.165, 1.54) is 77.3 Å². The summed E-state index contributed by atoms with van der Waals surface area (Å²) in [5.41, 5.74) is 0.346. The monoisotopic (exact) mass is 265 g/mol. The number of likely N-dealkylation sites (tertiary alicyclic amines) is 1. The Hall–Kier alpha value is -0.0800. The van der Waals surface area contributed by atoms with Crippen molar-refractivity contribution in [3.05, 3.63) is 0 Å². The molecule has 1 spiro atoms. The SMILES string of the molecule is OC1(CN2CCC3(CCCCC3)CC2)CCCCC1. The number of β-amino-alcohol motifs (C(OH)–C–C–N with tert-alkyl or cyclic N) is 1. The Balaban J connectivity index is 1.49. The third-order valence-corrected chi connectivity index (χ3v) is 6.13. The number of aliphatic hydroxyl groups is 1. The minimum atomic E-state index is -0.352. The van der Waals surface area contributed by atoms with Gasteiger partial charge in [-0.15, -0.1) is 0 Å². The molecule has 1 aliphatic heterocycles. The van der Waals surface area contributed by atoms with Crippen LogP contribution in [0.25, 0.3) is 0 Å². The van der Waals surface area contributed by atoms with Crippen LogP contribution in [0.2, 0.25) is 0 Å². The molecular weight excluding hydrogens is 234 g/mol. The highest BCUT2D eigenvalue weighted by Gasteiger charge is 2.38. The first-order chi connectivity index (χ1) is 9.20. The largest absolute Gasteiger partial charge is 0.389 e. The van der Waals surface area contributed by atoms with Gasteiger partial charge in [-0.05, 0) is 57.0 Å². The molecule has 2 heteroatoms. The van der Waals surface area contributed by atoms with Crippen molar-refractivity contribution in [3.63, 3.8) is 0 Å². The highest BCUT2D eigenvalue weighted by Crippen LogP contribution is 2.44. The molecule has 2 aliphatic carbocycles. The highest BCUT2D eigenvalue weighted by molar-refractivity contribution is 4.92. The van der Waals surface area contributed by atoms with Crippen molar-refractivity contribution in [3.8, 4) is 0 Å². The van der Waals surface area contributed by atoms with Gasteiger partial charge in [-0.1, -0.05) is 38.5 Å². The molecule has 1 saturated heterocycles. The fraction of sp³-hybridized carbons (Fsp3) is 1.00. The van der Waals surface area contributed by atoms with E-state index in [1.54, 1.807) is 0 Å². The number of rotatable bonds is 2. The lowest BCUT2D eigenvalue weighted by atomic mass is 9.68. The average Bonchev–Trinajstić information content (AvgIpc) is 2.43. The van der Waals surface area contributed by atoms with Crippen molar-refractivity contribution in [1.82, 2.24) is 4.90 Å². The Morgan fingerprint density at radius 1 is 0.684 bits per heavy atom. The van der Waals surface area contributed by atoms with E-state index in [0.717, 1.165) is 19.4 Å². The van der Waals surface area contributed by atoms with Crippen molar-refractivity contribution in [2.24, 2.45) is 5.41 Å². The Labute approximate surface area is 118 Å². The van der Waals surface area contributed by atoms with Gasteiger partial charge in [0, 0.05) is 6.54 Å². The maximum Gasteiger partial charge on any atom is 0.0774 e. The first-order valence-corrected chi connectivity index (χ1v) is 8.65. The quantitative estimate of drug-likeness (QED) is 0.822. The fourth-order valence-corrected chi connectivity index (χ4v) is 4.77.